The number of aromatic nitrogens is 2. The van der Waals surface area contributed by atoms with Crippen molar-refractivity contribution in [2.45, 2.75) is 6.54 Å². The van der Waals surface area contributed by atoms with Gasteiger partial charge in [0, 0.05) is 43.4 Å². The molecular formula is C20H18N4O2. The highest BCUT2D eigenvalue weighted by molar-refractivity contribution is 6.06. The van der Waals surface area contributed by atoms with Gasteiger partial charge >= 0.3 is 0 Å². The van der Waals surface area contributed by atoms with Crippen molar-refractivity contribution < 1.29 is 9.59 Å². The van der Waals surface area contributed by atoms with Gasteiger partial charge in [-0.05, 0) is 42.0 Å². The highest BCUT2D eigenvalue weighted by Gasteiger charge is 2.16. The Bertz CT molecular complexity index is 898. The Morgan fingerprint density at radius 1 is 1.00 bits per heavy atom. The second-order valence-electron chi connectivity index (χ2n) is 5.67. The van der Waals surface area contributed by atoms with Crippen LogP contribution in [0, 0.1) is 0 Å². The summed E-state index contributed by atoms with van der Waals surface area (Å²) in [5.41, 5.74) is 2.31. The Labute approximate surface area is 151 Å². The topological polar surface area (TPSA) is 75.2 Å². The first-order chi connectivity index (χ1) is 12.6. The van der Waals surface area contributed by atoms with Gasteiger partial charge in [-0.25, -0.2) is 0 Å². The Balaban J connectivity index is 1.71. The summed E-state index contributed by atoms with van der Waals surface area (Å²) in [6.07, 6.45) is 4.81. The van der Waals surface area contributed by atoms with Crippen molar-refractivity contribution in [3.8, 4) is 0 Å². The molecule has 1 N–H and O–H groups in total. The zero-order chi connectivity index (χ0) is 18.4. The van der Waals surface area contributed by atoms with Crippen LogP contribution in [-0.2, 0) is 6.54 Å². The first kappa shape index (κ1) is 17.3. The van der Waals surface area contributed by atoms with Crippen LogP contribution in [0.1, 0.15) is 26.4 Å². The number of nitrogens with zero attached hydrogens (tertiary/aromatic N) is 3. The minimum Gasteiger partial charge on any atom is -0.348 e. The van der Waals surface area contributed by atoms with Crippen LogP contribution in [0.25, 0.3) is 0 Å². The molecule has 0 spiro atoms. The van der Waals surface area contributed by atoms with Gasteiger partial charge in [-0.3, -0.25) is 19.6 Å². The second kappa shape index (κ2) is 8.02. The highest BCUT2D eigenvalue weighted by atomic mass is 16.2. The molecule has 6 nitrogen and oxygen atoms in total. The van der Waals surface area contributed by atoms with Crippen LogP contribution in [0.4, 0.5) is 5.69 Å². The fraction of sp³-hybridized carbons (Fsp3) is 0.100. The smallest absolute Gasteiger partial charge is 0.276 e. The molecule has 6 heteroatoms. The summed E-state index contributed by atoms with van der Waals surface area (Å²) < 4.78 is 0. The Hall–Kier alpha value is -3.54. The van der Waals surface area contributed by atoms with Gasteiger partial charge in [-0.15, -0.1) is 0 Å². The second-order valence-corrected chi connectivity index (χ2v) is 5.67. The minimum absolute atomic E-state index is 0.216. The molecule has 2 amide bonds. The van der Waals surface area contributed by atoms with E-state index in [-0.39, 0.29) is 17.5 Å². The van der Waals surface area contributed by atoms with E-state index in [1.807, 2.05) is 42.5 Å². The maximum atomic E-state index is 12.6. The third-order valence-corrected chi connectivity index (χ3v) is 3.89. The molecule has 0 bridgehead atoms. The zero-order valence-corrected chi connectivity index (χ0v) is 14.3. The van der Waals surface area contributed by atoms with Crippen molar-refractivity contribution in [3.63, 3.8) is 0 Å². The summed E-state index contributed by atoms with van der Waals surface area (Å²) in [6.45, 7) is 0.386. The lowest BCUT2D eigenvalue weighted by molar-refractivity contribution is 0.0950. The number of hydrogen-bond donors (Lipinski definition) is 1. The standard InChI is InChI=1S/C20H18N4O2/c1-24(17-5-3-2-4-6-17)20(26)18-13-16(9-12-22-18)19(25)23-14-15-7-10-21-11-8-15/h2-13H,14H2,1H3,(H,23,25). The average Bonchev–Trinajstić information content (AvgIpc) is 2.72. The van der Waals surface area contributed by atoms with E-state index in [0.29, 0.717) is 12.1 Å². The molecule has 0 fully saturated rings. The molecule has 0 aliphatic carbocycles. The van der Waals surface area contributed by atoms with Crippen LogP contribution in [0.2, 0.25) is 0 Å². The van der Waals surface area contributed by atoms with Crippen molar-refractivity contribution in [2.75, 3.05) is 11.9 Å². The zero-order valence-electron chi connectivity index (χ0n) is 14.3. The van der Waals surface area contributed by atoms with Crippen molar-refractivity contribution in [3.05, 3.63) is 90.0 Å². The number of para-hydroxylation sites is 1. The van der Waals surface area contributed by atoms with E-state index in [2.05, 4.69) is 15.3 Å². The van der Waals surface area contributed by atoms with Gasteiger partial charge in [0.25, 0.3) is 11.8 Å². The molecule has 3 rings (SSSR count). The predicted molar refractivity (Wildman–Crippen MR) is 98.8 cm³/mol. The summed E-state index contributed by atoms with van der Waals surface area (Å²) in [6, 6.07) is 16.0. The molecule has 0 saturated heterocycles. The van der Waals surface area contributed by atoms with E-state index < -0.39 is 0 Å². The maximum Gasteiger partial charge on any atom is 0.276 e. The number of pyridine rings is 2. The summed E-state index contributed by atoms with van der Waals surface area (Å²) in [5.74, 6) is -0.541. The molecule has 0 aliphatic heterocycles. The van der Waals surface area contributed by atoms with Crippen LogP contribution in [0.5, 0.6) is 0 Å². The monoisotopic (exact) mass is 346 g/mol. The number of benzene rings is 1. The van der Waals surface area contributed by atoms with Crippen LogP contribution in [-0.4, -0.2) is 28.8 Å². The summed E-state index contributed by atoms with van der Waals surface area (Å²) >= 11 is 0. The maximum absolute atomic E-state index is 12.6. The molecule has 2 heterocycles. The third-order valence-electron chi connectivity index (χ3n) is 3.89. The van der Waals surface area contributed by atoms with Crippen molar-refractivity contribution in [1.82, 2.24) is 15.3 Å². The SMILES string of the molecule is CN(C(=O)c1cc(C(=O)NCc2ccncc2)ccn1)c1ccccc1. The van der Waals surface area contributed by atoms with E-state index in [1.54, 1.807) is 25.5 Å². The fourth-order valence-electron chi connectivity index (χ4n) is 2.41. The van der Waals surface area contributed by atoms with Gasteiger partial charge in [-0.1, -0.05) is 18.2 Å². The van der Waals surface area contributed by atoms with Crippen molar-refractivity contribution in [2.24, 2.45) is 0 Å². The lowest BCUT2D eigenvalue weighted by Crippen LogP contribution is -2.28. The molecule has 26 heavy (non-hydrogen) atoms. The Morgan fingerprint density at radius 2 is 1.73 bits per heavy atom. The predicted octanol–water partition coefficient (Wildman–Crippen LogP) is 2.68. The molecule has 130 valence electrons. The third kappa shape index (κ3) is 4.10. The number of hydrogen-bond acceptors (Lipinski definition) is 4. The Kier molecular flexibility index (Phi) is 5.34. The largest absolute Gasteiger partial charge is 0.348 e. The molecule has 1 aromatic carbocycles. The first-order valence-electron chi connectivity index (χ1n) is 8.11. The first-order valence-corrected chi connectivity index (χ1v) is 8.11. The Morgan fingerprint density at radius 3 is 2.46 bits per heavy atom. The number of carbonyl (C=O) groups is 2. The van der Waals surface area contributed by atoms with Crippen LogP contribution in [0.3, 0.4) is 0 Å². The number of carbonyl (C=O) groups excluding carboxylic acids is 2. The van der Waals surface area contributed by atoms with Crippen molar-refractivity contribution >= 4 is 17.5 Å². The van der Waals surface area contributed by atoms with Gasteiger partial charge in [0.2, 0.25) is 0 Å². The molecule has 0 atom stereocenters. The molecule has 2 aromatic heterocycles. The number of amides is 2. The summed E-state index contributed by atoms with van der Waals surface area (Å²) in [4.78, 5) is 34.5. The quantitative estimate of drug-likeness (QED) is 0.771. The van der Waals surface area contributed by atoms with Crippen LogP contribution >= 0.6 is 0 Å². The van der Waals surface area contributed by atoms with Gasteiger partial charge < -0.3 is 10.2 Å². The lowest BCUT2D eigenvalue weighted by atomic mass is 10.2. The summed E-state index contributed by atoms with van der Waals surface area (Å²) in [5, 5.41) is 2.82. The number of anilines is 1. The molecule has 3 aromatic rings. The number of rotatable bonds is 5. The fourth-order valence-corrected chi connectivity index (χ4v) is 2.41. The summed E-state index contributed by atoms with van der Waals surface area (Å²) in [7, 11) is 1.68. The normalized spacial score (nSPS) is 10.2. The van der Waals surface area contributed by atoms with E-state index in [4.69, 9.17) is 0 Å². The van der Waals surface area contributed by atoms with E-state index >= 15 is 0 Å². The minimum atomic E-state index is -0.278. The highest BCUT2D eigenvalue weighted by Crippen LogP contribution is 2.14. The molecule has 0 unspecified atom stereocenters. The number of nitrogens with one attached hydrogen (secondary N) is 1. The molecular weight excluding hydrogens is 328 g/mol. The van der Waals surface area contributed by atoms with Crippen LogP contribution < -0.4 is 10.2 Å². The van der Waals surface area contributed by atoms with Gasteiger partial charge in [0.1, 0.15) is 5.69 Å². The van der Waals surface area contributed by atoms with Crippen LogP contribution in [0.15, 0.2) is 73.2 Å². The van der Waals surface area contributed by atoms with Gasteiger partial charge in [0.15, 0.2) is 0 Å². The van der Waals surface area contributed by atoms with Gasteiger partial charge in [0.05, 0.1) is 0 Å². The lowest BCUT2D eigenvalue weighted by Gasteiger charge is -2.17. The average molecular weight is 346 g/mol. The molecule has 0 radical (unpaired) electrons. The van der Waals surface area contributed by atoms with E-state index in [9.17, 15) is 9.59 Å². The van der Waals surface area contributed by atoms with Gasteiger partial charge in [-0.2, -0.15) is 0 Å². The van der Waals surface area contributed by atoms with E-state index in [0.717, 1.165) is 11.3 Å². The molecule has 0 saturated carbocycles. The molecule has 0 aliphatic rings. The van der Waals surface area contributed by atoms with E-state index in [1.165, 1.54) is 17.2 Å². The van der Waals surface area contributed by atoms with Crippen molar-refractivity contribution in [1.29, 1.82) is 0 Å².